The zero-order chi connectivity index (χ0) is 10.1. The van der Waals surface area contributed by atoms with Crippen LogP contribution >= 0.6 is 0 Å². The summed E-state index contributed by atoms with van der Waals surface area (Å²) in [5.74, 6) is -0.0296. The second kappa shape index (κ2) is 3.37. The van der Waals surface area contributed by atoms with Crippen LogP contribution in [0.4, 0.5) is 0 Å². The van der Waals surface area contributed by atoms with Gasteiger partial charge in [0, 0.05) is 0 Å². The zero-order valence-electron chi connectivity index (χ0n) is 7.89. The first-order valence-corrected chi connectivity index (χ1v) is 5.47. The molecule has 1 heterocycles. The fourth-order valence-electron chi connectivity index (χ4n) is 0.866. The number of hydrogen-bond acceptors (Lipinski definition) is 3. The van der Waals surface area contributed by atoms with Crippen molar-refractivity contribution in [3.63, 3.8) is 0 Å². The van der Waals surface area contributed by atoms with Crippen molar-refractivity contribution in [1.29, 1.82) is 0 Å². The van der Waals surface area contributed by atoms with Gasteiger partial charge in [-0.05, 0) is 6.92 Å². The summed E-state index contributed by atoms with van der Waals surface area (Å²) in [5.41, 5.74) is 0. The lowest BCUT2D eigenvalue weighted by molar-refractivity contribution is -0.674. The molecule has 0 radical (unpaired) electrons. The van der Waals surface area contributed by atoms with E-state index in [1.807, 2.05) is 0 Å². The maximum absolute atomic E-state index is 11.1. The fraction of sp³-hybridized carbons (Fsp3) is 0.571. The first-order chi connectivity index (χ1) is 5.96. The lowest BCUT2D eigenvalue weighted by atomic mass is 10.9. The number of aryl methyl sites for hydroxylation is 2. The van der Waals surface area contributed by atoms with Crippen molar-refractivity contribution in [2.75, 3.05) is 5.75 Å². The van der Waals surface area contributed by atoms with Gasteiger partial charge in [0.15, 0.2) is 0 Å². The third-order valence-electron chi connectivity index (χ3n) is 1.67. The number of nitrogens with zero attached hydrogens (tertiary/aromatic N) is 2. The predicted molar refractivity (Wildman–Crippen MR) is 46.7 cm³/mol. The van der Waals surface area contributed by atoms with E-state index >= 15 is 0 Å². The molecule has 1 rings (SSSR count). The van der Waals surface area contributed by atoms with Gasteiger partial charge in [-0.25, -0.2) is 0 Å². The summed E-state index contributed by atoms with van der Waals surface area (Å²) >= 11 is 0. The zero-order valence-corrected chi connectivity index (χ0v) is 8.71. The molecule has 0 aliphatic rings. The lowest BCUT2D eigenvalue weighted by Gasteiger charge is -2.00. The minimum Gasteiger partial charge on any atom is -0.308 e. The monoisotopic (exact) mass is 205 g/mol. The van der Waals surface area contributed by atoms with Crippen LogP contribution in [0.3, 0.4) is 0 Å². The van der Waals surface area contributed by atoms with E-state index < -0.39 is 10.1 Å². The van der Waals surface area contributed by atoms with E-state index in [4.69, 9.17) is 4.18 Å². The van der Waals surface area contributed by atoms with Crippen molar-refractivity contribution in [1.82, 2.24) is 4.57 Å². The quantitative estimate of drug-likeness (QED) is 0.497. The molecule has 0 spiro atoms. The highest BCUT2D eigenvalue weighted by Gasteiger charge is 2.20. The Balaban J connectivity index is 2.99. The van der Waals surface area contributed by atoms with E-state index in [1.165, 1.54) is 6.92 Å². The van der Waals surface area contributed by atoms with Crippen molar-refractivity contribution in [2.24, 2.45) is 14.1 Å². The Kier molecular flexibility index (Phi) is 2.60. The van der Waals surface area contributed by atoms with Gasteiger partial charge in [-0.3, -0.25) is 0 Å². The third kappa shape index (κ3) is 2.21. The molecule has 0 bridgehead atoms. The molecule has 0 aromatic carbocycles. The molecule has 0 aliphatic carbocycles. The number of hydrogen-bond donors (Lipinski definition) is 0. The van der Waals surface area contributed by atoms with Gasteiger partial charge in [0.25, 0.3) is 0 Å². The van der Waals surface area contributed by atoms with Crippen LogP contribution in [0.15, 0.2) is 12.4 Å². The molecule has 0 amide bonds. The average Bonchev–Trinajstić information content (AvgIpc) is 2.36. The van der Waals surface area contributed by atoms with Crippen LogP contribution in [0.1, 0.15) is 6.92 Å². The molecule has 6 heteroatoms. The highest BCUT2D eigenvalue weighted by Crippen LogP contribution is 2.05. The Morgan fingerprint density at radius 3 is 2.62 bits per heavy atom. The van der Waals surface area contributed by atoms with E-state index in [2.05, 4.69) is 0 Å². The van der Waals surface area contributed by atoms with Gasteiger partial charge in [-0.1, -0.05) is 0 Å². The van der Waals surface area contributed by atoms with Crippen molar-refractivity contribution in [2.45, 2.75) is 6.92 Å². The molecular formula is C7H13N2O3S+. The highest BCUT2D eigenvalue weighted by atomic mass is 32.2. The van der Waals surface area contributed by atoms with Crippen LogP contribution in [0.2, 0.25) is 0 Å². The van der Waals surface area contributed by atoms with Gasteiger partial charge in [0.1, 0.15) is 12.4 Å². The molecule has 0 N–H and O–H groups in total. The standard InChI is InChI=1S/C7H13N2O3S/c1-4-13(10,11)12-7-8(2)5-6-9(7)3/h5-6H,4H2,1-3H3/q+1. The van der Waals surface area contributed by atoms with Gasteiger partial charge in [0.05, 0.1) is 19.8 Å². The van der Waals surface area contributed by atoms with E-state index in [1.54, 1.807) is 35.6 Å². The molecule has 13 heavy (non-hydrogen) atoms. The molecule has 0 fully saturated rings. The van der Waals surface area contributed by atoms with Crippen LogP contribution in [-0.2, 0) is 24.2 Å². The second-order valence-corrected chi connectivity index (χ2v) is 4.59. The summed E-state index contributed by atoms with van der Waals surface area (Å²) in [4.78, 5) is 0. The van der Waals surface area contributed by atoms with Crippen LogP contribution in [0.5, 0.6) is 6.01 Å². The predicted octanol–water partition coefficient (Wildman–Crippen LogP) is -0.422. The Morgan fingerprint density at radius 2 is 2.23 bits per heavy atom. The van der Waals surface area contributed by atoms with E-state index in [-0.39, 0.29) is 5.75 Å². The average molecular weight is 205 g/mol. The van der Waals surface area contributed by atoms with Gasteiger partial charge in [-0.2, -0.15) is 17.6 Å². The fourth-order valence-corrected chi connectivity index (χ4v) is 1.45. The van der Waals surface area contributed by atoms with Gasteiger partial charge < -0.3 is 4.18 Å². The normalized spacial score (nSPS) is 11.6. The Morgan fingerprint density at radius 1 is 1.62 bits per heavy atom. The highest BCUT2D eigenvalue weighted by molar-refractivity contribution is 7.87. The minimum absolute atomic E-state index is 0.0296. The molecule has 5 nitrogen and oxygen atoms in total. The summed E-state index contributed by atoms with van der Waals surface area (Å²) in [6.45, 7) is 1.54. The molecular weight excluding hydrogens is 192 g/mol. The van der Waals surface area contributed by atoms with Crippen molar-refractivity contribution in [3.05, 3.63) is 12.4 Å². The van der Waals surface area contributed by atoms with Crippen LogP contribution in [0.25, 0.3) is 0 Å². The van der Waals surface area contributed by atoms with Crippen molar-refractivity contribution < 1.29 is 17.2 Å². The largest absolute Gasteiger partial charge is 0.471 e. The SMILES string of the molecule is CCS(=O)(=O)Oc1n(C)cc[n+]1C. The summed E-state index contributed by atoms with van der Waals surface area (Å²) in [6, 6.07) is 0.307. The van der Waals surface area contributed by atoms with Crippen LogP contribution < -0.4 is 8.75 Å². The van der Waals surface area contributed by atoms with Crippen molar-refractivity contribution in [3.8, 4) is 6.01 Å². The van der Waals surface area contributed by atoms with Gasteiger partial charge in [0.2, 0.25) is 0 Å². The summed E-state index contributed by atoms with van der Waals surface area (Å²) in [6.07, 6.45) is 3.45. The van der Waals surface area contributed by atoms with Crippen LogP contribution in [0, 0.1) is 0 Å². The second-order valence-electron chi connectivity index (χ2n) is 2.73. The lowest BCUT2D eigenvalue weighted by Crippen LogP contribution is -2.31. The Hall–Kier alpha value is -1.04. The number of imidazole rings is 1. The first kappa shape index (κ1) is 10.0. The molecule has 0 saturated heterocycles. The summed E-state index contributed by atoms with van der Waals surface area (Å²) < 4.78 is 30.3. The maximum Gasteiger partial charge on any atom is 0.471 e. The molecule has 1 aromatic heterocycles. The minimum atomic E-state index is -3.43. The molecule has 74 valence electrons. The van der Waals surface area contributed by atoms with E-state index in [0.29, 0.717) is 6.01 Å². The number of rotatable bonds is 3. The van der Waals surface area contributed by atoms with E-state index in [9.17, 15) is 8.42 Å². The smallest absolute Gasteiger partial charge is 0.308 e. The van der Waals surface area contributed by atoms with Gasteiger partial charge in [-0.15, -0.1) is 0 Å². The summed E-state index contributed by atoms with van der Waals surface area (Å²) in [7, 11) is 0.0163. The summed E-state index contributed by atoms with van der Waals surface area (Å²) in [5, 5.41) is 0. The van der Waals surface area contributed by atoms with Gasteiger partial charge >= 0.3 is 16.1 Å². The Bertz CT molecular complexity index is 374. The Labute approximate surface area is 77.7 Å². The maximum atomic E-state index is 11.1. The first-order valence-electron chi connectivity index (χ1n) is 3.89. The van der Waals surface area contributed by atoms with Crippen LogP contribution in [-0.4, -0.2) is 18.7 Å². The molecule has 0 aliphatic heterocycles. The molecule has 1 aromatic rings. The number of aromatic nitrogens is 2. The topological polar surface area (TPSA) is 52.2 Å². The van der Waals surface area contributed by atoms with E-state index in [0.717, 1.165) is 0 Å². The molecule has 0 saturated carbocycles. The molecule has 0 unspecified atom stereocenters. The molecule has 0 atom stereocenters. The third-order valence-corrected chi connectivity index (χ3v) is 2.78. The van der Waals surface area contributed by atoms with Crippen molar-refractivity contribution >= 4 is 10.1 Å².